The first-order valence-corrected chi connectivity index (χ1v) is 16.3. The summed E-state index contributed by atoms with van der Waals surface area (Å²) < 4.78 is 69.0. The predicted octanol–water partition coefficient (Wildman–Crippen LogP) is 0.719. The molecule has 10 N–H and O–H groups in total. The van der Waals surface area contributed by atoms with E-state index in [1.54, 1.807) is 24.3 Å². The van der Waals surface area contributed by atoms with Crippen molar-refractivity contribution < 1.29 is 26.3 Å². The molecule has 0 radical (unpaired) electrons. The molecule has 244 valence electrons. The van der Waals surface area contributed by atoms with E-state index in [1.807, 2.05) is 0 Å². The molecule has 0 fully saturated rings. The van der Waals surface area contributed by atoms with Gasteiger partial charge in [0.15, 0.2) is 11.7 Å². The van der Waals surface area contributed by atoms with E-state index in [-0.39, 0.29) is 45.9 Å². The first-order valence-electron chi connectivity index (χ1n) is 13.4. The molecule has 0 aromatic heterocycles. The number of hydrogen-bond acceptors (Lipinski definition) is 12. The second-order valence-corrected chi connectivity index (χ2v) is 13.2. The molecule has 0 aliphatic heterocycles. The average molecular weight is 671 g/mol. The van der Waals surface area contributed by atoms with Crippen molar-refractivity contribution in [3.05, 3.63) is 84.9 Å². The first-order chi connectivity index (χ1) is 22.0. The molecule has 0 bridgehead atoms. The van der Waals surface area contributed by atoms with Gasteiger partial charge < -0.3 is 32.0 Å². The lowest BCUT2D eigenvalue weighted by Gasteiger charge is -2.29. The van der Waals surface area contributed by atoms with Gasteiger partial charge in [-0.05, 0) is 60.7 Å². The van der Waals surface area contributed by atoms with Gasteiger partial charge in [0.2, 0.25) is 0 Å². The number of hydrazone groups is 2. The molecule has 0 amide bonds. The van der Waals surface area contributed by atoms with E-state index in [2.05, 4.69) is 21.1 Å². The van der Waals surface area contributed by atoms with E-state index in [1.165, 1.54) is 74.9 Å². The number of methoxy groups -OCH3 is 2. The van der Waals surface area contributed by atoms with Gasteiger partial charge >= 0.3 is 0 Å². The highest BCUT2D eigenvalue weighted by molar-refractivity contribution is 7.93. The van der Waals surface area contributed by atoms with Crippen molar-refractivity contribution in [1.82, 2.24) is 10.9 Å². The second kappa shape index (κ2) is 14.2. The minimum atomic E-state index is -4.28. The third-order valence-electron chi connectivity index (χ3n) is 6.94. The summed E-state index contributed by atoms with van der Waals surface area (Å²) in [7, 11) is -5.64. The Kier molecular flexibility index (Phi) is 10.4. The van der Waals surface area contributed by atoms with Crippen LogP contribution in [0.4, 0.5) is 11.4 Å². The van der Waals surface area contributed by atoms with Crippen LogP contribution in [0.15, 0.2) is 105 Å². The third kappa shape index (κ3) is 6.69. The molecule has 0 saturated carbocycles. The van der Waals surface area contributed by atoms with E-state index in [0.717, 1.165) is 8.61 Å². The molecule has 0 spiro atoms. The van der Waals surface area contributed by atoms with Crippen LogP contribution in [-0.4, -0.2) is 55.8 Å². The molecule has 4 aromatic rings. The normalized spacial score (nSPS) is 12.4. The Morgan fingerprint density at radius 2 is 0.978 bits per heavy atom. The molecule has 4 rings (SSSR count). The first kappa shape index (κ1) is 33.6. The number of hydrazine groups is 2. The molecular weight excluding hydrogens is 637 g/mol. The average Bonchev–Trinajstić information content (AvgIpc) is 3.09. The molecule has 4 aromatic carbocycles. The van der Waals surface area contributed by atoms with Crippen molar-refractivity contribution in [2.24, 2.45) is 33.6 Å². The fourth-order valence-electron chi connectivity index (χ4n) is 4.57. The van der Waals surface area contributed by atoms with Gasteiger partial charge in [-0.2, -0.15) is 10.2 Å². The Morgan fingerprint density at radius 3 is 1.26 bits per heavy atom. The Labute approximate surface area is 266 Å². The third-order valence-corrected chi connectivity index (χ3v) is 10.5. The molecule has 0 saturated heterocycles. The lowest BCUT2D eigenvalue weighted by Crippen LogP contribution is -2.44. The molecule has 0 atom stereocenters. The maximum atomic E-state index is 14.1. The number of benzene rings is 4. The van der Waals surface area contributed by atoms with Gasteiger partial charge in [0.25, 0.3) is 20.0 Å². The number of hydrogen-bond donors (Lipinski definition) is 6. The second-order valence-electron chi connectivity index (χ2n) is 9.46. The summed E-state index contributed by atoms with van der Waals surface area (Å²) in [4.78, 5) is -0.118. The number of ether oxygens (including phenoxy) is 2. The van der Waals surface area contributed by atoms with Crippen LogP contribution in [0, 0.1) is 0 Å². The lowest BCUT2D eigenvalue weighted by molar-refractivity contribution is 0.414. The van der Waals surface area contributed by atoms with Crippen molar-refractivity contribution in [3.8, 4) is 11.5 Å². The van der Waals surface area contributed by atoms with Gasteiger partial charge in [-0.3, -0.25) is 8.61 Å². The quantitative estimate of drug-likeness (QED) is 0.0528. The van der Waals surface area contributed by atoms with Crippen molar-refractivity contribution in [3.63, 3.8) is 0 Å². The number of nitrogens with one attached hydrogen (secondary N) is 2. The van der Waals surface area contributed by atoms with Gasteiger partial charge in [0.05, 0.1) is 48.5 Å². The van der Waals surface area contributed by atoms with Crippen LogP contribution in [0.5, 0.6) is 11.5 Å². The summed E-state index contributed by atoms with van der Waals surface area (Å²) in [5.41, 5.74) is 4.98. The van der Waals surface area contributed by atoms with E-state index in [0.29, 0.717) is 22.3 Å². The highest BCUT2D eigenvalue weighted by Gasteiger charge is 2.32. The minimum absolute atomic E-state index is 0.0493. The van der Waals surface area contributed by atoms with Crippen LogP contribution in [0.25, 0.3) is 10.8 Å². The molecule has 0 aliphatic rings. The van der Waals surface area contributed by atoms with Gasteiger partial charge in [-0.15, -0.1) is 0 Å². The summed E-state index contributed by atoms with van der Waals surface area (Å²) >= 11 is 0. The zero-order chi connectivity index (χ0) is 33.5. The summed E-state index contributed by atoms with van der Waals surface area (Å²) in [5.74, 6) is 23.0. The molecule has 16 nitrogen and oxygen atoms in total. The van der Waals surface area contributed by atoms with Crippen molar-refractivity contribution in [2.75, 3.05) is 35.9 Å². The maximum Gasteiger partial charge on any atom is 0.264 e. The van der Waals surface area contributed by atoms with E-state index in [4.69, 9.17) is 32.8 Å². The lowest BCUT2D eigenvalue weighted by atomic mass is 10.1. The standard InChI is InChI=1S/C28H34N10O6S2/c1-43-19-7-11-21(12-8-19)45(39,40)37(17-27(33-29)34-30)25-15-16-26(24-6-4-3-5-23(24)25)38(18-28(35-31)36-32)46(41,42)22-13-9-20(44-2)10-14-22/h3-16H,17-18,29-32H2,1-2H3,(H,33,34)(H,35,36). The highest BCUT2D eigenvalue weighted by atomic mass is 32.2. The highest BCUT2D eigenvalue weighted by Crippen LogP contribution is 2.38. The van der Waals surface area contributed by atoms with Crippen LogP contribution >= 0.6 is 0 Å². The summed E-state index contributed by atoms with van der Waals surface area (Å²) in [6, 6.07) is 21.2. The molecule has 0 heterocycles. The van der Waals surface area contributed by atoms with E-state index < -0.39 is 20.0 Å². The zero-order valence-corrected chi connectivity index (χ0v) is 26.5. The topological polar surface area (TPSA) is 246 Å². The number of amidine groups is 2. The zero-order valence-electron chi connectivity index (χ0n) is 24.9. The Balaban J connectivity index is 1.97. The number of nitrogens with zero attached hydrogens (tertiary/aromatic N) is 4. The number of fused-ring (bicyclic) bond motifs is 1. The van der Waals surface area contributed by atoms with Gasteiger partial charge in [0, 0.05) is 10.8 Å². The molecule has 0 aliphatic carbocycles. The van der Waals surface area contributed by atoms with Crippen LogP contribution in [-0.2, 0) is 20.0 Å². The fraction of sp³-hybridized carbons (Fsp3) is 0.143. The van der Waals surface area contributed by atoms with Crippen LogP contribution in [0.3, 0.4) is 0 Å². The monoisotopic (exact) mass is 670 g/mol. The predicted molar refractivity (Wildman–Crippen MR) is 177 cm³/mol. The van der Waals surface area contributed by atoms with Crippen LogP contribution in [0.1, 0.15) is 0 Å². The SMILES string of the molecule is COc1ccc(S(=O)(=O)N(CC(=NN)NN)c2ccc(N(CC(=NN)NN)S(=O)(=O)c3ccc(OC)cc3)c3ccccc23)cc1. The Morgan fingerprint density at radius 1 is 0.630 bits per heavy atom. The Bertz CT molecular complexity index is 1810. The molecule has 0 unspecified atom stereocenters. The van der Waals surface area contributed by atoms with Crippen molar-refractivity contribution in [1.29, 1.82) is 0 Å². The number of sulfonamides is 2. The van der Waals surface area contributed by atoms with Gasteiger partial charge in [0.1, 0.15) is 11.5 Å². The van der Waals surface area contributed by atoms with Gasteiger partial charge in [-0.25, -0.2) is 28.5 Å². The van der Waals surface area contributed by atoms with Gasteiger partial charge in [-0.1, -0.05) is 24.3 Å². The van der Waals surface area contributed by atoms with Crippen LogP contribution < -0.4 is 52.3 Å². The number of rotatable bonds is 12. The van der Waals surface area contributed by atoms with Crippen molar-refractivity contribution in [2.45, 2.75) is 9.79 Å². The molecule has 18 heteroatoms. The smallest absolute Gasteiger partial charge is 0.264 e. The minimum Gasteiger partial charge on any atom is -0.497 e. The summed E-state index contributed by atoms with van der Waals surface area (Å²) in [5, 5.41) is 7.89. The van der Waals surface area contributed by atoms with Crippen molar-refractivity contribution >= 4 is 53.9 Å². The molecule has 46 heavy (non-hydrogen) atoms. The largest absolute Gasteiger partial charge is 0.497 e. The summed E-state index contributed by atoms with van der Waals surface area (Å²) in [6.45, 7) is -0.778. The molecular formula is C28H34N10O6S2. The van der Waals surface area contributed by atoms with Crippen LogP contribution in [0.2, 0.25) is 0 Å². The van der Waals surface area contributed by atoms with E-state index >= 15 is 0 Å². The Hall–Kier alpha value is -5.30. The number of nitrogens with two attached hydrogens (primary N) is 4. The number of anilines is 2. The fourth-order valence-corrected chi connectivity index (χ4v) is 7.46. The van der Waals surface area contributed by atoms with E-state index in [9.17, 15) is 16.8 Å². The maximum absolute atomic E-state index is 14.1. The summed E-state index contributed by atoms with van der Waals surface area (Å²) in [6.07, 6.45) is 0.